The van der Waals surface area contributed by atoms with Gasteiger partial charge in [-0.1, -0.05) is 11.3 Å². The zero-order chi connectivity index (χ0) is 7.40. The summed E-state index contributed by atoms with van der Waals surface area (Å²) in [6.45, 7) is 1.41. The van der Waals surface area contributed by atoms with E-state index >= 15 is 0 Å². The Kier molecular flexibility index (Phi) is 3.11. The minimum atomic E-state index is 0.636. The van der Waals surface area contributed by atoms with Gasteiger partial charge >= 0.3 is 0 Å². The number of nitrogens with one attached hydrogen (secondary N) is 1. The van der Waals surface area contributed by atoms with Crippen LogP contribution in [0.15, 0.2) is 9.98 Å². The lowest BCUT2D eigenvalue weighted by atomic mass is 10.7. The van der Waals surface area contributed by atoms with Gasteiger partial charge in [0.25, 0.3) is 0 Å². The fourth-order valence-electron chi connectivity index (χ4n) is 0.515. The Morgan fingerprint density at radius 3 is 3.10 bits per heavy atom. The van der Waals surface area contributed by atoms with Gasteiger partial charge in [-0.2, -0.15) is 0 Å². The number of thiazole rings is 1. The molecule has 1 heterocycles. The van der Waals surface area contributed by atoms with E-state index in [0.29, 0.717) is 6.54 Å². The maximum atomic E-state index is 5.29. The van der Waals surface area contributed by atoms with Crippen molar-refractivity contribution in [2.45, 2.75) is 0 Å². The smallest absolute Gasteiger partial charge is 0.183 e. The van der Waals surface area contributed by atoms with E-state index < -0.39 is 0 Å². The number of halogens is 1. The van der Waals surface area contributed by atoms with E-state index in [1.54, 1.807) is 17.5 Å². The Labute approximate surface area is 71.8 Å². The highest BCUT2D eigenvalue weighted by Gasteiger charge is 1.95. The van der Waals surface area contributed by atoms with Gasteiger partial charge in [0.1, 0.15) is 0 Å². The molecule has 1 aromatic rings. The molecule has 1 rings (SSSR count). The first-order valence-electron chi connectivity index (χ1n) is 2.88. The SMILES string of the molecule is NCCNc1ncc(Br)s1. The monoisotopic (exact) mass is 221 g/mol. The molecule has 5 heteroatoms. The molecule has 3 N–H and O–H groups in total. The van der Waals surface area contributed by atoms with Gasteiger partial charge in [0.15, 0.2) is 5.13 Å². The van der Waals surface area contributed by atoms with Crippen LogP contribution in [0.3, 0.4) is 0 Å². The lowest BCUT2D eigenvalue weighted by Gasteiger charge is -1.95. The zero-order valence-corrected chi connectivity index (χ0v) is 7.70. The Bertz CT molecular complexity index is 201. The van der Waals surface area contributed by atoms with Gasteiger partial charge in [0.05, 0.1) is 9.98 Å². The molecule has 0 aliphatic heterocycles. The quantitative estimate of drug-likeness (QED) is 0.809. The first-order chi connectivity index (χ1) is 4.83. The number of hydrogen-bond donors (Lipinski definition) is 2. The second kappa shape index (κ2) is 3.90. The van der Waals surface area contributed by atoms with Crippen molar-refractivity contribution in [3.63, 3.8) is 0 Å². The molecule has 0 spiro atoms. The summed E-state index contributed by atoms with van der Waals surface area (Å²) in [6.07, 6.45) is 1.77. The summed E-state index contributed by atoms with van der Waals surface area (Å²) in [7, 11) is 0. The molecule has 0 saturated carbocycles. The molecule has 0 atom stereocenters. The molecule has 0 aromatic carbocycles. The number of nitrogens with zero attached hydrogens (tertiary/aromatic N) is 1. The normalized spacial score (nSPS) is 9.80. The molecule has 0 unspecified atom stereocenters. The third-order valence-corrected chi connectivity index (χ3v) is 2.33. The molecule has 10 heavy (non-hydrogen) atoms. The fraction of sp³-hybridized carbons (Fsp3) is 0.400. The lowest BCUT2D eigenvalue weighted by molar-refractivity contribution is 1.02. The van der Waals surface area contributed by atoms with Crippen LogP contribution in [0.5, 0.6) is 0 Å². The highest BCUT2D eigenvalue weighted by molar-refractivity contribution is 9.11. The molecule has 0 radical (unpaired) electrons. The first kappa shape index (κ1) is 7.97. The van der Waals surface area contributed by atoms with E-state index in [2.05, 4.69) is 26.2 Å². The summed E-state index contributed by atoms with van der Waals surface area (Å²) in [6, 6.07) is 0. The third-order valence-electron chi connectivity index (χ3n) is 0.898. The van der Waals surface area contributed by atoms with Gasteiger partial charge in [-0.15, -0.1) is 0 Å². The number of nitrogens with two attached hydrogens (primary N) is 1. The molecule has 0 aliphatic rings. The van der Waals surface area contributed by atoms with E-state index in [0.717, 1.165) is 15.5 Å². The van der Waals surface area contributed by atoms with Crippen LogP contribution in [0.1, 0.15) is 0 Å². The van der Waals surface area contributed by atoms with Gasteiger partial charge in [0.2, 0.25) is 0 Å². The molecule has 1 aromatic heterocycles. The van der Waals surface area contributed by atoms with Gasteiger partial charge in [0, 0.05) is 13.1 Å². The Morgan fingerprint density at radius 1 is 1.80 bits per heavy atom. The van der Waals surface area contributed by atoms with Crippen molar-refractivity contribution in [2.75, 3.05) is 18.4 Å². The summed E-state index contributed by atoms with van der Waals surface area (Å²) in [4.78, 5) is 4.06. The van der Waals surface area contributed by atoms with E-state index in [4.69, 9.17) is 5.73 Å². The Hall–Kier alpha value is -0.130. The molecule has 0 aliphatic carbocycles. The van der Waals surface area contributed by atoms with Crippen molar-refractivity contribution in [1.29, 1.82) is 0 Å². The minimum absolute atomic E-state index is 0.636. The van der Waals surface area contributed by atoms with Crippen molar-refractivity contribution in [3.05, 3.63) is 9.98 Å². The number of hydrogen-bond acceptors (Lipinski definition) is 4. The summed E-state index contributed by atoms with van der Waals surface area (Å²) >= 11 is 4.88. The highest BCUT2D eigenvalue weighted by atomic mass is 79.9. The fourth-order valence-corrected chi connectivity index (χ4v) is 1.65. The van der Waals surface area contributed by atoms with Crippen molar-refractivity contribution in [3.8, 4) is 0 Å². The van der Waals surface area contributed by atoms with E-state index in [-0.39, 0.29) is 0 Å². The molecule has 0 bridgehead atoms. The van der Waals surface area contributed by atoms with Crippen LogP contribution < -0.4 is 11.1 Å². The van der Waals surface area contributed by atoms with E-state index in [9.17, 15) is 0 Å². The molecular weight excluding hydrogens is 214 g/mol. The minimum Gasteiger partial charge on any atom is -0.360 e. The van der Waals surface area contributed by atoms with E-state index in [1.807, 2.05) is 0 Å². The zero-order valence-electron chi connectivity index (χ0n) is 5.30. The van der Waals surface area contributed by atoms with Crippen molar-refractivity contribution < 1.29 is 0 Å². The average Bonchev–Trinajstić information content (AvgIpc) is 2.31. The Balaban J connectivity index is 2.42. The van der Waals surface area contributed by atoms with Crippen LogP contribution in [-0.2, 0) is 0 Å². The first-order valence-corrected chi connectivity index (χ1v) is 4.49. The van der Waals surface area contributed by atoms with Crippen LogP contribution >= 0.6 is 27.3 Å². The molecule has 3 nitrogen and oxygen atoms in total. The van der Waals surface area contributed by atoms with Gasteiger partial charge < -0.3 is 11.1 Å². The highest BCUT2D eigenvalue weighted by Crippen LogP contribution is 2.22. The van der Waals surface area contributed by atoms with Crippen LogP contribution in [0.4, 0.5) is 5.13 Å². The average molecular weight is 222 g/mol. The molecule has 0 amide bonds. The Morgan fingerprint density at radius 2 is 2.60 bits per heavy atom. The number of rotatable bonds is 3. The molecule has 56 valence electrons. The van der Waals surface area contributed by atoms with Gasteiger partial charge in [-0.05, 0) is 15.9 Å². The predicted octanol–water partition coefficient (Wildman–Crippen LogP) is 1.28. The van der Waals surface area contributed by atoms with Crippen molar-refractivity contribution >= 4 is 32.4 Å². The van der Waals surface area contributed by atoms with Gasteiger partial charge in [-0.25, -0.2) is 4.98 Å². The summed E-state index contributed by atoms with van der Waals surface area (Å²) in [5.41, 5.74) is 5.29. The third kappa shape index (κ3) is 2.24. The maximum Gasteiger partial charge on any atom is 0.183 e. The lowest BCUT2D eigenvalue weighted by Crippen LogP contribution is -2.12. The van der Waals surface area contributed by atoms with Crippen LogP contribution in [0.25, 0.3) is 0 Å². The molecular formula is C5H8BrN3S. The number of anilines is 1. The van der Waals surface area contributed by atoms with Crippen LogP contribution in [0, 0.1) is 0 Å². The number of aromatic nitrogens is 1. The van der Waals surface area contributed by atoms with Crippen molar-refractivity contribution in [2.24, 2.45) is 5.73 Å². The standard InChI is InChI=1S/C5H8BrN3S/c6-4-3-9-5(10-4)8-2-1-7/h3H,1-2,7H2,(H,8,9). The van der Waals surface area contributed by atoms with Gasteiger partial charge in [-0.3, -0.25) is 0 Å². The largest absolute Gasteiger partial charge is 0.360 e. The summed E-state index contributed by atoms with van der Waals surface area (Å²) < 4.78 is 1.03. The predicted molar refractivity (Wildman–Crippen MR) is 47.4 cm³/mol. The van der Waals surface area contributed by atoms with Crippen molar-refractivity contribution in [1.82, 2.24) is 4.98 Å². The second-order valence-electron chi connectivity index (χ2n) is 1.68. The van der Waals surface area contributed by atoms with Crippen LogP contribution in [-0.4, -0.2) is 18.1 Å². The summed E-state index contributed by atoms with van der Waals surface area (Å²) in [5, 5.41) is 3.98. The van der Waals surface area contributed by atoms with Crippen LogP contribution in [0.2, 0.25) is 0 Å². The molecule has 0 saturated heterocycles. The topological polar surface area (TPSA) is 50.9 Å². The maximum absolute atomic E-state index is 5.29. The molecule has 0 fully saturated rings. The summed E-state index contributed by atoms with van der Waals surface area (Å²) in [5.74, 6) is 0. The van der Waals surface area contributed by atoms with E-state index in [1.165, 1.54) is 0 Å². The second-order valence-corrected chi connectivity index (χ2v) is 4.09.